The normalized spacial score (nSPS) is 11.1. The Balaban J connectivity index is 1.46. The highest BCUT2D eigenvalue weighted by atomic mass is 16.5. The van der Waals surface area contributed by atoms with Crippen LogP contribution in [0, 0.1) is 0 Å². The van der Waals surface area contributed by atoms with E-state index in [1.165, 1.54) is 5.56 Å². The number of benzene rings is 3. The van der Waals surface area contributed by atoms with Crippen LogP contribution in [0.3, 0.4) is 0 Å². The minimum Gasteiger partial charge on any atom is -0.345 e. The van der Waals surface area contributed by atoms with E-state index in [1.54, 1.807) is 6.33 Å². The summed E-state index contributed by atoms with van der Waals surface area (Å²) in [7, 11) is 0. The Morgan fingerprint density at radius 2 is 1.46 bits per heavy atom. The van der Waals surface area contributed by atoms with Crippen molar-refractivity contribution in [2.75, 3.05) is 0 Å². The molecule has 5 nitrogen and oxygen atoms in total. The molecule has 0 saturated heterocycles. The fourth-order valence-electron chi connectivity index (χ4n) is 2.97. The Bertz CT molecular complexity index is 1170. The average molecular weight is 338 g/mol. The first-order chi connectivity index (χ1) is 12.9. The zero-order valence-corrected chi connectivity index (χ0v) is 13.8. The summed E-state index contributed by atoms with van der Waals surface area (Å²) >= 11 is 0. The van der Waals surface area contributed by atoms with Gasteiger partial charge in [0.1, 0.15) is 0 Å². The molecule has 2 aromatic heterocycles. The van der Waals surface area contributed by atoms with Crippen LogP contribution in [0.25, 0.3) is 45.0 Å². The van der Waals surface area contributed by atoms with Crippen molar-refractivity contribution in [3.63, 3.8) is 0 Å². The minimum absolute atomic E-state index is 0.504. The van der Waals surface area contributed by atoms with Gasteiger partial charge in [0.2, 0.25) is 5.82 Å². The molecule has 5 rings (SSSR count). The van der Waals surface area contributed by atoms with Gasteiger partial charge in [-0.15, -0.1) is 0 Å². The Kier molecular flexibility index (Phi) is 3.35. The molecule has 0 unspecified atom stereocenters. The maximum absolute atomic E-state index is 5.46. The summed E-state index contributed by atoms with van der Waals surface area (Å²) in [6, 6.07) is 24.2. The molecule has 0 amide bonds. The number of fused-ring (bicyclic) bond motifs is 1. The van der Waals surface area contributed by atoms with E-state index in [-0.39, 0.29) is 0 Å². The molecular formula is C21H14N4O. The molecule has 26 heavy (non-hydrogen) atoms. The largest absolute Gasteiger partial charge is 0.345 e. The summed E-state index contributed by atoms with van der Waals surface area (Å²) in [5.41, 5.74) is 5.97. The van der Waals surface area contributed by atoms with Gasteiger partial charge in [0.25, 0.3) is 5.89 Å². The molecule has 5 aromatic rings. The molecular weight excluding hydrogens is 324 g/mol. The summed E-state index contributed by atoms with van der Waals surface area (Å²) < 4.78 is 5.46. The molecule has 0 spiro atoms. The number of rotatable bonds is 3. The smallest absolute Gasteiger partial charge is 0.258 e. The van der Waals surface area contributed by atoms with Crippen LogP contribution in [0.4, 0.5) is 0 Å². The standard InChI is InChI=1S/C21H14N4O/c1-2-4-14(5-3-1)15-6-8-16(9-7-15)21-24-20(25-26-21)17-10-11-18-19(12-17)23-13-22-18/h1-13H,(H,22,23). The van der Waals surface area contributed by atoms with Gasteiger partial charge in [-0.25, -0.2) is 4.98 Å². The predicted molar refractivity (Wildman–Crippen MR) is 100 cm³/mol. The van der Waals surface area contributed by atoms with Gasteiger partial charge >= 0.3 is 0 Å². The Morgan fingerprint density at radius 1 is 0.731 bits per heavy atom. The van der Waals surface area contributed by atoms with E-state index in [2.05, 4.69) is 44.4 Å². The van der Waals surface area contributed by atoms with Crippen LogP contribution in [-0.4, -0.2) is 20.1 Å². The van der Waals surface area contributed by atoms with E-state index in [4.69, 9.17) is 4.52 Å². The van der Waals surface area contributed by atoms with Gasteiger partial charge in [-0.2, -0.15) is 4.98 Å². The van der Waals surface area contributed by atoms with Crippen molar-refractivity contribution in [2.24, 2.45) is 0 Å². The molecule has 124 valence electrons. The quantitative estimate of drug-likeness (QED) is 0.505. The lowest BCUT2D eigenvalue weighted by Crippen LogP contribution is -1.82. The average Bonchev–Trinajstić information content (AvgIpc) is 3.38. The summed E-state index contributed by atoms with van der Waals surface area (Å²) in [4.78, 5) is 11.8. The number of imidazole rings is 1. The first-order valence-corrected chi connectivity index (χ1v) is 8.30. The molecule has 3 aromatic carbocycles. The third-order valence-corrected chi connectivity index (χ3v) is 4.34. The SMILES string of the molecule is c1ccc(-c2ccc(-c3nc(-c4ccc5nc[nH]c5c4)no3)cc2)cc1. The molecule has 0 saturated carbocycles. The van der Waals surface area contributed by atoms with Crippen molar-refractivity contribution < 1.29 is 4.52 Å². The van der Waals surface area contributed by atoms with E-state index in [9.17, 15) is 0 Å². The highest BCUT2D eigenvalue weighted by Crippen LogP contribution is 2.26. The zero-order chi connectivity index (χ0) is 17.3. The fourth-order valence-corrected chi connectivity index (χ4v) is 2.97. The first-order valence-electron chi connectivity index (χ1n) is 8.30. The van der Waals surface area contributed by atoms with Gasteiger partial charge in [0.15, 0.2) is 0 Å². The number of aromatic amines is 1. The molecule has 0 radical (unpaired) electrons. The molecule has 0 aliphatic rings. The monoisotopic (exact) mass is 338 g/mol. The van der Waals surface area contributed by atoms with Crippen LogP contribution in [0.2, 0.25) is 0 Å². The van der Waals surface area contributed by atoms with Crippen LogP contribution in [-0.2, 0) is 0 Å². The van der Waals surface area contributed by atoms with Gasteiger partial charge in [0.05, 0.1) is 17.4 Å². The Labute approximate surface area is 149 Å². The van der Waals surface area contributed by atoms with Gasteiger partial charge in [-0.3, -0.25) is 0 Å². The van der Waals surface area contributed by atoms with Crippen molar-refractivity contribution >= 4 is 11.0 Å². The predicted octanol–water partition coefficient (Wildman–Crippen LogP) is 4.95. The number of hydrogen-bond acceptors (Lipinski definition) is 4. The van der Waals surface area contributed by atoms with Crippen molar-refractivity contribution in [2.45, 2.75) is 0 Å². The van der Waals surface area contributed by atoms with Gasteiger partial charge < -0.3 is 9.51 Å². The third kappa shape index (κ3) is 2.56. The van der Waals surface area contributed by atoms with Crippen LogP contribution < -0.4 is 0 Å². The highest BCUT2D eigenvalue weighted by Gasteiger charge is 2.11. The molecule has 1 N–H and O–H groups in total. The molecule has 0 aliphatic carbocycles. The van der Waals surface area contributed by atoms with Crippen LogP contribution in [0.15, 0.2) is 83.6 Å². The second-order valence-electron chi connectivity index (χ2n) is 6.00. The number of aromatic nitrogens is 4. The number of H-pyrrole nitrogens is 1. The molecule has 5 heteroatoms. The minimum atomic E-state index is 0.504. The molecule has 0 fully saturated rings. The second kappa shape index (κ2) is 5.97. The van der Waals surface area contributed by atoms with Gasteiger partial charge in [0, 0.05) is 11.1 Å². The number of nitrogens with zero attached hydrogens (tertiary/aromatic N) is 3. The summed E-state index contributed by atoms with van der Waals surface area (Å²) in [6.07, 6.45) is 1.67. The summed E-state index contributed by atoms with van der Waals surface area (Å²) in [6.45, 7) is 0. The van der Waals surface area contributed by atoms with Crippen molar-refractivity contribution in [1.82, 2.24) is 20.1 Å². The van der Waals surface area contributed by atoms with E-state index < -0.39 is 0 Å². The Morgan fingerprint density at radius 3 is 2.31 bits per heavy atom. The van der Waals surface area contributed by atoms with Crippen LogP contribution >= 0.6 is 0 Å². The van der Waals surface area contributed by atoms with Crippen molar-refractivity contribution in [3.8, 4) is 34.0 Å². The topological polar surface area (TPSA) is 67.6 Å². The van der Waals surface area contributed by atoms with Gasteiger partial charge in [-0.05, 0) is 41.5 Å². The van der Waals surface area contributed by atoms with E-state index >= 15 is 0 Å². The lowest BCUT2D eigenvalue weighted by molar-refractivity contribution is 0.432. The van der Waals surface area contributed by atoms with Crippen LogP contribution in [0.5, 0.6) is 0 Å². The first kappa shape index (κ1) is 14.6. The lowest BCUT2D eigenvalue weighted by Gasteiger charge is -2.01. The molecule has 0 atom stereocenters. The summed E-state index contributed by atoms with van der Waals surface area (Å²) in [5.74, 6) is 1.06. The highest BCUT2D eigenvalue weighted by molar-refractivity contribution is 5.80. The van der Waals surface area contributed by atoms with Crippen molar-refractivity contribution in [1.29, 1.82) is 0 Å². The van der Waals surface area contributed by atoms with Gasteiger partial charge in [-0.1, -0.05) is 47.6 Å². The maximum atomic E-state index is 5.46. The maximum Gasteiger partial charge on any atom is 0.258 e. The number of hydrogen-bond donors (Lipinski definition) is 1. The molecule has 0 aliphatic heterocycles. The zero-order valence-electron chi connectivity index (χ0n) is 13.8. The third-order valence-electron chi connectivity index (χ3n) is 4.34. The van der Waals surface area contributed by atoms with Crippen molar-refractivity contribution in [3.05, 3.63) is 79.1 Å². The summed E-state index contributed by atoms with van der Waals surface area (Å²) in [5, 5.41) is 4.11. The lowest BCUT2D eigenvalue weighted by atomic mass is 10.0. The van der Waals surface area contributed by atoms with E-state index in [0.29, 0.717) is 11.7 Å². The second-order valence-corrected chi connectivity index (χ2v) is 6.00. The Hall–Kier alpha value is -3.73. The van der Waals surface area contributed by atoms with E-state index in [0.717, 1.165) is 27.7 Å². The van der Waals surface area contributed by atoms with Crippen LogP contribution in [0.1, 0.15) is 0 Å². The molecule has 2 heterocycles. The number of nitrogens with one attached hydrogen (secondary N) is 1. The molecule has 0 bridgehead atoms. The fraction of sp³-hybridized carbons (Fsp3) is 0. The van der Waals surface area contributed by atoms with E-state index in [1.807, 2.05) is 48.5 Å².